The number of anilines is 1. The Balaban J connectivity index is 0.00000300. The van der Waals surface area contributed by atoms with E-state index in [1.54, 1.807) is 7.05 Å². The summed E-state index contributed by atoms with van der Waals surface area (Å²) in [4.78, 5) is 18.8. The Bertz CT molecular complexity index is 697. The summed E-state index contributed by atoms with van der Waals surface area (Å²) in [5.74, 6) is 1.61. The lowest BCUT2D eigenvalue weighted by molar-refractivity contribution is -0.116. The summed E-state index contributed by atoms with van der Waals surface area (Å²) in [6.45, 7) is 9.71. The van der Waals surface area contributed by atoms with Crippen molar-refractivity contribution in [2.24, 2.45) is 10.9 Å². The first-order valence-corrected chi connectivity index (χ1v) is 10.2. The molecule has 1 aromatic rings. The van der Waals surface area contributed by atoms with Crippen molar-refractivity contribution in [3.63, 3.8) is 0 Å². The number of carbonyl (C=O) groups excluding carboxylic acids is 1. The fourth-order valence-corrected chi connectivity index (χ4v) is 3.92. The largest absolute Gasteiger partial charge is 0.374 e. The van der Waals surface area contributed by atoms with Gasteiger partial charge >= 0.3 is 0 Å². The summed E-state index contributed by atoms with van der Waals surface area (Å²) < 4.78 is 5.90. The first kappa shape index (κ1) is 23.9. The van der Waals surface area contributed by atoms with E-state index in [0.29, 0.717) is 18.9 Å². The van der Waals surface area contributed by atoms with Crippen LogP contribution >= 0.6 is 24.0 Å². The van der Waals surface area contributed by atoms with E-state index >= 15 is 0 Å². The summed E-state index contributed by atoms with van der Waals surface area (Å²) in [5.41, 5.74) is 2.08. The summed E-state index contributed by atoms with van der Waals surface area (Å²) in [6, 6.07) is 7.99. The monoisotopic (exact) mass is 515 g/mol. The summed E-state index contributed by atoms with van der Waals surface area (Å²) in [6.07, 6.45) is 0.643. The highest BCUT2D eigenvalue weighted by molar-refractivity contribution is 14.0. The fourth-order valence-electron chi connectivity index (χ4n) is 3.92. The second kappa shape index (κ2) is 11.7. The Morgan fingerprint density at radius 3 is 2.83 bits per heavy atom. The number of rotatable bonds is 6. The molecule has 2 heterocycles. The number of benzene rings is 1. The van der Waals surface area contributed by atoms with Crippen LogP contribution in [0.5, 0.6) is 0 Å². The predicted octanol–water partition coefficient (Wildman–Crippen LogP) is 2.25. The van der Waals surface area contributed by atoms with E-state index in [9.17, 15) is 4.79 Å². The molecule has 2 aliphatic heterocycles. The van der Waals surface area contributed by atoms with E-state index in [2.05, 4.69) is 45.8 Å². The van der Waals surface area contributed by atoms with Crippen LogP contribution in [0.3, 0.4) is 0 Å². The molecule has 2 unspecified atom stereocenters. The van der Waals surface area contributed by atoms with Crippen LogP contribution in [0, 0.1) is 5.92 Å². The maximum absolute atomic E-state index is 12.0. The number of ether oxygens (including phenoxy) is 1. The Labute approximate surface area is 191 Å². The van der Waals surface area contributed by atoms with Crippen LogP contribution in [0.4, 0.5) is 5.69 Å². The standard InChI is InChI=1S/C21H33N5O2.HI/c1-15(2)13-26-8-9-28-17(14-26)12-24-21(22-3)23-11-16-10-20(27)25-19-7-5-4-6-18(16)19;/h4-7,15-17H,8-14H2,1-3H3,(H,25,27)(H2,22,23,24);1H. The molecule has 2 aliphatic rings. The van der Waals surface area contributed by atoms with Gasteiger partial charge in [0.2, 0.25) is 5.91 Å². The number of hydrogen-bond donors (Lipinski definition) is 3. The average Bonchev–Trinajstić information content (AvgIpc) is 2.67. The number of amides is 1. The van der Waals surface area contributed by atoms with Gasteiger partial charge in [-0.2, -0.15) is 0 Å². The van der Waals surface area contributed by atoms with Crippen molar-refractivity contribution in [1.29, 1.82) is 0 Å². The first-order valence-electron chi connectivity index (χ1n) is 10.2. The molecule has 1 fully saturated rings. The number of aliphatic imine (C=N–C) groups is 1. The Hall–Kier alpha value is -1.39. The number of halogens is 1. The van der Waals surface area contributed by atoms with Crippen molar-refractivity contribution < 1.29 is 9.53 Å². The van der Waals surface area contributed by atoms with Crippen molar-refractivity contribution in [3.05, 3.63) is 29.8 Å². The van der Waals surface area contributed by atoms with E-state index in [4.69, 9.17) is 4.74 Å². The van der Waals surface area contributed by atoms with Crippen LogP contribution in [0.1, 0.15) is 31.7 Å². The number of nitrogens with zero attached hydrogens (tertiary/aromatic N) is 2. The van der Waals surface area contributed by atoms with Gasteiger partial charge in [-0.1, -0.05) is 32.0 Å². The van der Waals surface area contributed by atoms with Crippen LogP contribution in [-0.4, -0.2) is 69.2 Å². The number of para-hydroxylation sites is 1. The summed E-state index contributed by atoms with van der Waals surface area (Å²) in [7, 11) is 1.77. The second-order valence-corrected chi connectivity index (χ2v) is 8.02. The molecule has 3 rings (SSSR count). The quantitative estimate of drug-likeness (QED) is 0.308. The molecule has 29 heavy (non-hydrogen) atoms. The van der Waals surface area contributed by atoms with Crippen molar-refractivity contribution in [2.75, 3.05) is 51.7 Å². The lowest BCUT2D eigenvalue weighted by atomic mass is 9.90. The Morgan fingerprint density at radius 2 is 2.07 bits per heavy atom. The smallest absolute Gasteiger partial charge is 0.225 e. The van der Waals surface area contributed by atoms with Gasteiger partial charge < -0.3 is 20.7 Å². The van der Waals surface area contributed by atoms with E-state index < -0.39 is 0 Å². The Kier molecular flexibility index (Phi) is 9.64. The molecule has 162 valence electrons. The third kappa shape index (κ3) is 7.11. The molecule has 1 amide bonds. The zero-order valence-corrected chi connectivity index (χ0v) is 19.9. The molecular formula is C21H34IN5O2. The molecule has 0 aromatic heterocycles. The second-order valence-electron chi connectivity index (χ2n) is 8.02. The van der Waals surface area contributed by atoms with Gasteiger partial charge in [-0.15, -0.1) is 24.0 Å². The molecule has 8 heteroatoms. The Morgan fingerprint density at radius 1 is 1.31 bits per heavy atom. The molecule has 2 atom stereocenters. The first-order chi connectivity index (χ1) is 13.5. The molecule has 0 aliphatic carbocycles. The number of fused-ring (bicyclic) bond motifs is 1. The highest BCUT2D eigenvalue weighted by Gasteiger charge is 2.25. The maximum atomic E-state index is 12.0. The highest BCUT2D eigenvalue weighted by Crippen LogP contribution is 2.31. The normalized spacial score (nSPS) is 22.5. The zero-order chi connectivity index (χ0) is 19.9. The van der Waals surface area contributed by atoms with Crippen molar-refractivity contribution >= 4 is 41.5 Å². The molecule has 1 saturated heterocycles. The maximum Gasteiger partial charge on any atom is 0.225 e. The van der Waals surface area contributed by atoms with Gasteiger partial charge in [-0.3, -0.25) is 14.7 Å². The van der Waals surface area contributed by atoms with Gasteiger partial charge in [-0.05, 0) is 17.5 Å². The van der Waals surface area contributed by atoms with Crippen LogP contribution in [0.15, 0.2) is 29.3 Å². The van der Waals surface area contributed by atoms with Gasteiger partial charge in [0.15, 0.2) is 5.96 Å². The number of nitrogens with one attached hydrogen (secondary N) is 3. The predicted molar refractivity (Wildman–Crippen MR) is 128 cm³/mol. The van der Waals surface area contributed by atoms with Crippen LogP contribution in [-0.2, 0) is 9.53 Å². The fraction of sp³-hybridized carbons (Fsp3) is 0.619. The topological polar surface area (TPSA) is 78.0 Å². The number of guanidine groups is 1. The molecular weight excluding hydrogens is 481 g/mol. The van der Waals surface area contributed by atoms with E-state index in [-0.39, 0.29) is 41.9 Å². The minimum absolute atomic E-state index is 0. The van der Waals surface area contributed by atoms with Gasteiger partial charge in [0, 0.05) is 57.8 Å². The van der Waals surface area contributed by atoms with Gasteiger partial charge in [0.05, 0.1) is 12.7 Å². The molecule has 0 radical (unpaired) electrons. The molecule has 1 aromatic carbocycles. The third-order valence-electron chi connectivity index (χ3n) is 5.19. The van der Waals surface area contributed by atoms with Gasteiger partial charge in [-0.25, -0.2) is 0 Å². The average molecular weight is 515 g/mol. The number of hydrogen-bond acceptors (Lipinski definition) is 4. The molecule has 0 bridgehead atoms. The SMILES string of the molecule is CN=C(NCC1CN(CC(C)C)CCO1)NCC1CC(=O)Nc2ccccc21.I. The van der Waals surface area contributed by atoms with Gasteiger partial charge in [0.1, 0.15) is 0 Å². The van der Waals surface area contributed by atoms with Crippen LogP contribution < -0.4 is 16.0 Å². The molecule has 0 spiro atoms. The highest BCUT2D eigenvalue weighted by atomic mass is 127. The third-order valence-corrected chi connectivity index (χ3v) is 5.19. The zero-order valence-electron chi connectivity index (χ0n) is 17.6. The van der Waals surface area contributed by atoms with Crippen molar-refractivity contribution in [2.45, 2.75) is 32.3 Å². The van der Waals surface area contributed by atoms with E-state index in [1.165, 1.54) is 5.56 Å². The van der Waals surface area contributed by atoms with E-state index in [0.717, 1.165) is 44.4 Å². The van der Waals surface area contributed by atoms with Crippen molar-refractivity contribution in [3.8, 4) is 0 Å². The summed E-state index contributed by atoms with van der Waals surface area (Å²) >= 11 is 0. The van der Waals surface area contributed by atoms with Crippen molar-refractivity contribution in [1.82, 2.24) is 15.5 Å². The minimum Gasteiger partial charge on any atom is -0.374 e. The lowest BCUT2D eigenvalue weighted by Crippen LogP contribution is -2.50. The molecule has 3 N–H and O–H groups in total. The summed E-state index contributed by atoms with van der Waals surface area (Å²) in [5, 5.41) is 9.69. The lowest BCUT2D eigenvalue weighted by Gasteiger charge is -2.34. The minimum atomic E-state index is 0. The van der Waals surface area contributed by atoms with Crippen LogP contribution in [0.25, 0.3) is 0 Å². The molecule has 0 saturated carbocycles. The molecule has 7 nitrogen and oxygen atoms in total. The van der Waals surface area contributed by atoms with E-state index in [1.807, 2.05) is 18.2 Å². The number of carbonyl (C=O) groups is 1. The number of morpholine rings is 1. The van der Waals surface area contributed by atoms with Gasteiger partial charge in [0.25, 0.3) is 0 Å². The van der Waals surface area contributed by atoms with Crippen LogP contribution in [0.2, 0.25) is 0 Å².